The number of benzene rings is 2. The smallest absolute Gasteiger partial charge is 0.280 e. The zero-order valence-corrected chi connectivity index (χ0v) is 15.1. The summed E-state index contributed by atoms with van der Waals surface area (Å²) < 4.78 is 19.8. The van der Waals surface area contributed by atoms with Crippen molar-refractivity contribution < 1.29 is 13.6 Å². The molecule has 0 saturated heterocycles. The van der Waals surface area contributed by atoms with Gasteiger partial charge in [0.2, 0.25) is 5.13 Å². The quantitative estimate of drug-likeness (QED) is 0.370. The molecule has 0 radical (unpaired) electrons. The summed E-state index contributed by atoms with van der Waals surface area (Å²) in [5.74, 6) is -0.479. The number of rotatable bonds is 4. The number of amides is 1. The van der Waals surface area contributed by atoms with Gasteiger partial charge in [-0.25, -0.2) is 9.37 Å². The Bertz CT molecular complexity index is 1140. The Kier molecular flexibility index (Phi) is 4.52. The molecule has 4 rings (SSSR count). The highest BCUT2D eigenvalue weighted by molar-refractivity contribution is 7.22. The van der Waals surface area contributed by atoms with Gasteiger partial charge in [0.1, 0.15) is 11.6 Å². The van der Waals surface area contributed by atoms with Crippen molar-refractivity contribution in [3.8, 4) is 0 Å². The summed E-state index contributed by atoms with van der Waals surface area (Å²) in [5, 5.41) is 5.81. The van der Waals surface area contributed by atoms with Gasteiger partial charge in [0.15, 0.2) is 0 Å². The second kappa shape index (κ2) is 7.13. The third-order valence-corrected chi connectivity index (χ3v) is 4.82. The standard InChI is InChI=1S/C20H14FN3O2S/c1-13-7-8-17-18(10-13)27-20(23-17)24(22-12-16-6-3-9-26-16)19(25)14-4-2-5-15(21)11-14/h2-12H,1H3/b22-12-. The van der Waals surface area contributed by atoms with Gasteiger partial charge in [-0.2, -0.15) is 10.1 Å². The summed E-state index contributed by atoms with van der Waals surface area (Å²) in [6, 6.07) is 14.8. The van der Waals surface area contributed by atoms with E-state index in [0.717, 1.165) is 20.8 Å². The van der Waals surface area contributed by atoms with Gasteiger partial charge in [-0.15, -0.1) is 0 Å². The first-order valence-corrected chi connectivity index (χ1v) is 8.96. The normalized spacial score (nSPS) is 11.3. The number of aromatic nitrogens is 1. The van der Waals surface area contributed by atoms with E-state index in [-0.39, 0.29) is 5.56 Å². The number of aryl methyl sites for hydroxylation is 1. The van der Waals surface area contributed by atoms with E-state index in [1.807, 2.05) is 25.1 Å². The summed E-state index contributed by atoms with van der Waals surface area (Å²) in [4.78, 5) is 17.5. The number of halogens is 1. The minimum absolute atomic E-state index is 0.182. The van der Waals surface area contributed by atoms with Crippen molar-refractivity contribution in [1.82, 2.24) is 4.98 Å². The number of thiazole rings is 1. The highest BCUT2D eigenvalue weighted by Crippen LogP contribution is 2.30. The molecule has 134 valence electrons. The number of carbonyl (C=O) groups is 1. The molecular weight excluding hydrogens is 365 g/mol. The van der Waals surface area contributed by atoms with Crippen LogP contribution >= 0.6 is 11.3 Å². The van der Waals surface area contributed by atoms with Crippen LogP contribution in [0.15, 0.2) is 70.4 Å². The van der Waals surface area contributed by atoms with Crippen LogP contribution in [-0.2, 0) is 0 Å². The summed E-state index contributed by atoms with van der Waals surface area (Å²) in [6.45, 7) is 1.99. The molecule has 0 N–H and O–H groups in total. The molecule has 0 fully saturated rings. The van der Waals surface area contributed by atoms with Crippen LogP contribution in [0.2, 0.25) is 0 Å². The number of nitrogens with zero attached hydrogens (tertiary/aromatic N) is 3. The van der Waals surface area contributed by atoms with Crippen LogP contribution in [0.4, 0.5) is 9.52 Å². The Morgan fingerprint density at radius 2 is 2.11 bits per heavy atom. The van der Waals surface area contributed by atoms with Crippen molar-refractivity contribution in [3.05, 3.63) is 83.6 Å². The lowest BCUT2D eigenvalue weighted by molar-refractivity contribution is 0.0987. The highest BCUT2D eigenvalue weighted by Gasteiger charge is 2.21. The first kappa shape index (κ1) is 17.1. The van der Waals surface area contributed by atoms with Crippen LogP contribution in [0, 0.1) is 12.7 Å². The molecule has 0 aliphatic rings. The number of hydrazone groups is 1. The largest absolute Gasteiger partial charge is 0.463 e. The molecule has 0 atom stereocenters. The molecule has 2 aromatic carbocycles. The van der Waals surface area contributed by atoms with Crippen molar-refractivity contribution in [2.24, 2.45) is 5.10 Å². The lowest BCUT2D eigenvalue weighted by atomic mass is 10.2. The SMILES string of the molecule is Cc1ccc2nc(N(/N=C\c3ccco3)C(=O)c3cccc(F)c3)sc2c1. The molecule has 0 aliphatic heterocycles. The van der Waals surface area contributed by atoms with E-state index in [1.165, 1.54) is 48.1 Å². The van der Waals surface area contributed by atoms with Crippen LogP contribution in [0.3, 0.4) is 0 Å². The molecule has 2 heterocycles. The minimum Gasteiger partial charge on any atom is -0.463 e. The first-order valence-electron chi connectivity index (χ1n) is 8.15. The minimum atomic E-state index is -0.490. The van der Waals surface area contributed by atoms with E-state index in [9.17, 15) is 9.18 Å². The van der Waals surface area contributed by atoms with Crippen molar-refractivity contribution in [2.45, 2.75) is 6.92 Å². The lowest BCUT2D eigenvalue weighted by Gasteiger charge is -2.13. The van der Waals surface area contributed by atoms with E-state index >= 15 is 0 Å². The Morgan fingerprint density at radius 1 is 1.22 bits per heavy atom. The Morgan fingerprint density at radius 3 is 2.89 bits per heavy atom. The summed E-state index contributed by atoms with van der Waals surface area (Å²) in [6.07, 6.45) is 2.94. The fourth-order valence-corrected chi connectivity index (χ4v) is 3.54. The van der Waals surface area contributed by atoms with Gasteiger partial charge >= 0.3 is 0 Å². The van der Waals surface area contributed by atoms with Gasteiger partial charge < -0.3 is 4.42 Å². The number of hydrogen-bond donors (Lipinski definition) is 0. The third kappa shape index (κ3) is 3.63. The van der Waals surface area contributed by atoms with E-state index in [4.69, 9.17) is 4.42 Å². The van der Waals surface area contributed by atoms with Crippen LogP contribution < -0.4 is 5.01 Å². The van der Waals surface area contributed by atoms with Crippen molar-refractivity contribution in [3.63, 3.8) is 0 Å². The molecule has 0 bridgehead atoms. The maximum atomic E-state index is 13.6. The maximum absolute atomic E-state index is 13.6. The van der Waals surface area contributed by atoms with Gasteiger partial charge in [-0.05, 0) is 55.0 Å². The predicted octanol–water partition coefficient (Wildman–Crippen LogP) is 5.02. The zero-order chi connectivity index (χ0) is 18.8. The topological polar surface area (TPSA) is 58.7 Å². The number of carbonyl (C=O) groups excluding carboxylic acids is 1. The van der Waals surface area contributed by atoms with Gasteiger partial charge in [0.25, 0.3) is 5.91 Å². The monoisotopic (exact) mass is 379 g/mol. The van der Waals surface area contributed by atoms with Gasteiger partial charge in [-0.1, -0.05) is 23.5 Å². The molecule has 0 saturated carbocycles. The molecule has 0 spiro atoms. The first-order chi connectivity index (χ1) is 13.1. The summed E-state index contributed by atoms with van der Waals surface area (Å²) in [5.41, 5.74) is 2.05. The molecule has 7 heteroatoms. The fraction of sp³-hybridized carbons (Fsp3) is 0.0500. The van der Waals surface area contributed by atoms with Crippen LogP contribution in [0.1, 0.15) is 21.7 Å². The maximum Gasteiger partial charge on any atom is 0.280 e. The van der Waals surface area contributed by atoms with E-state index in [2.05, 4.69) is 10.1 Å². The molecular formula is C20H14FN3O2S. The van der Waals surface area contributed by atoms with Gasteiger partial charge in [-0.3, -0.25) is 4.79 Å². The molecule has 4 aromatic rings. The molecule has 0 aliphatic carbocycles. The average molecular weight is 379 g/mol. The van der Waals surface area contributed by atoms with E-state index < -0.39 is 11.7 Å². The molecule has 1 amide bonds. The van der Waals surface area contributed by atoms with Crippen molar-refractivity contribution in [2.75, 3.05) is 5.01 Å². The Labute approximate surface area is 158 Å². The van der Waals surface area contributed by atoms with Crippen LogP contribution in [-0.4, -0.2) is 17.1 Å². The number of hydrogen-bond acceptors (Lipinski definition) is 5. The number of fused-ring (bicyclic) bond motifs is 1. The summed E-state index contributed by atoms with van der Waals surface area (Å²) >= 11 is 1.34. The number of anilines is 1. The lowest BCUT2D eigenvalue weighted by Crippen LogP contribution is -2.25. The van der Waals surface area contributed by atoms with E-state index in [1.54, 1.807) is 12.1 Å². The Balaban J connectivity index is 1.77. The van der Waals surface area contributed by atoms with Crippen molar-refractivity contribution in [1.29, 1.82) is 0 Å². The molecule has 2 aromatic heterocycles. The molecule has 5 nitrogen and oxygen atoms in total. The third-order valence-electron chi connectivity index (χ3n) is 3.82. The molecule has 27 heavy (non-hydrogen) atoms. The number of furan rings is 1. The zero-order valence-electron chi connectivity index (χ0n) is 14.3. The summed E-state index contributed by atoms with van der Waals surface area (Å²) in [7, 11) is 0. The van der Waals surface area contributed by atoms with Crippen molar-refractivity contribution >= 4 is 38.8 Å². The van der Waals surface area contributed by atoms with Gasteiger partial charge in [0, 0.05) is 5.56 Å². The van der Waals surface area contributed by atoms with Crippen LogP contribution in [0.5, 0.6) is 0 Å². The average Bonchev–Trinajstić information content (AvgIpc) is 3.31. The van der Waals surface area contributed by atoms with Gasteiger partial charge in [0.05, 0.1) is 22.7 Å². The van der Waals surface area contributed by atoms with E-state index in [0.29, 0.717) is 10.9 Å². The predicted molar refractivity (Wildman–Crippen MR) is 104 cm³/mol. The highest BCUT2D eigenvalue weighted by atomic mass is 32.1. The second-order valence-corrected chi connectivity index (χ2v) is 6.86. The van der Waals surface area contributed by atoms with Crippen LogP contribution in [0.25, 0.3) is 10.2 Å². The fourth-order valence-electron chi connectivity index (χ4n) is 2.52. The molecule has 0 unspecified atom stereocenters. The Hall–Kier alpha value is -3.32. The second-order valence-electron chi connectivity index (χ2n) is 5.85.